The maximum atomic E-state index is 13.5. The molecule has 6 aromatic carbocycles. The van der Waals surface area contributed by atoms with Gasteiger partial charge in [-0.05, 0) is 128 Å². The van der Waals surface area contributed by atoms with Gasteiger partial charge in [0.1, 0.15) is 11.2 Å². The first kappa shape index (κ1) is 38.6. The summed E-state index contributed by atoms with van der Waals surface area (Å²) in [7, 11) is 0. The predicted molar refractivity (Wildman–Crippen MR) is 252 cm³/mol. The topological polar surface area (TPSA) is 70.1 Å². The van der Waals surface area contributed by atoms with Gasteiger partial charge in [-0.2, -0.15) is 0 Å². The van der Waals surface area contributed by atoms with Crippen LogP contribution >= 0.6 is 11.3 Å². The van der Waals surface area contributed by atoms with Crippen molar-refractivity contribution < 1.29 is 8.83 Å². The van der Waals surface area contributed by atoms with Crippen molar-refractivity contribution in [3.63, 3.8) is 0 Å². The Bertz CT molecular complexity index is 2940. The van der Waals surface area contributed by atoms with Gasteiger partial charge in [0.2, 0.25) is 0 Å². The van der Waals surface area contributed by atoms with Gasteiger partial charge in [0, 0.05) is 82.1 Å². The van der Waals surface area contributed by atoms with Gasteiger partial charge in [0.05, 0.1) is 16.8 Å². The smallest absolute Gasteiger partial charge is 0.344 e. The Kier molecular flexibility index (Phi) is 10.5. The number of benzene rings is 6. The van der Waals surface area contributed by atoms with Gasteiger partial charge in [-0.25, -0.2) is 9.59 Å². The highest BCUT2D eigenvalue weighted by Crippen LogP contribution is 2.43. The standard InChI is InChI=1S/C52H45N3O4S/c1-5-53(6-2)40-25-19-36-30-45(51(56)58-48(36)32-40)34-15-21-38(22-16-34)55(47-28-27-44(50-14-11-29-60-50)42-12-9-10-13-43(42)47)39-23-17-35(18-24-39)46-31-37-20-26-41(54(7-3)8-4)33-49(37)59-52(46)57/h9-33H,5-8H2,1-4H3. The molecule has 3 heterocycles. The number of thiophene rings is 1. The monoisotopic (exact) mass is 807 g/mol. The van der Waals surface area contributed by atoms with Crippen LogP contribution in [0.2, 0.25) is 0 Å². The predicted octanol–water partition coefficient (Wildman–Crippen LogP) is 13.3. The SMILES string of the molecule is CCN(CC)c1ccc2cc(-c3ccc(N(c4ccc(-c5cc6ccc(N(CC)CC)cc6oc5=O)cc4)c4ccc(-c5cccs5)c5ccccc45)cc3)c(=O)oc2c1. The summed E-state index contributed by atoms with van der Waals surface area (Å²) < 4.78 is 11.8. The molecule has 0 saturated carbocycles. The molecule has 0 unspecified atom stereocenters. The molecule has 0 radical (unpaired) electrons. The Morgan fingerprint density at radius 2 is 0.950 bits per heavy atom. The molecule has 0 spiro atoms. The van der Waals surface area contributed by atoms with Gasteiger partial charge in [0.15, 0.2) is 0 Å². The van der Waals surface area contributed by atoms with Crippen LogP contribution in [0.15, 0.2) is 169 Å². The summed E-state index contributed by atoms with van der Waals surface area (Å²) in [6.07, 6.45) is 0. The van der Waals surface area contributed by atoms with E-state index < -0.39 is 0 Å². The van der Waals surface area contributed by atoms with E-state index in [2.05, 4.69) is 108 Å². The van der Waals surface area contributed by atoms with Crippen LogP contribution in [0.3, 0.4) is 0 Å². The molecule has 0 fully saturated rings. The van der Waals surface area contributed by atoms with E-state index in [-0.39, 0.29) is 11.3 Å². The lowest BCUT2D eigenvalue weighted by Crippen LogP contribution is -2.21. The van der Waals surface area contributed by atoms with E-state index in [0.717, 1.165) is 87.3 Å². The van der Waals surface area contributed by atoms with Gasteiger partial charge < -0.3 is 23.5 Å². The van der Waals surface area contributed by atoms with Gasteiger partial charge in [-0.1, -0.05) is 60.7 Å². The number of nitrogens with zero attached hydrogens (tertiary/aromatic N) is 3. The minimum Gasteiger partial charge on any atom is -0.422 e. The third-order valence-electron chi connectivity index (χ3n) is 11.5. The molecule has 7 nitrogen and oxygen atoms in total. The Labute approximate surface area is 353 Å². The Morgan fingerprint density at radius 3 is 1.42 bits per heavy atom. The molecule has 0 N–H and O–H groups in total. The van der Waals surface area contributed by atoms with Gasteiger partial charge in [0.25, 0.3) is 0 Å². The largest absolute Gasteiger partial charge is 0.422 e. The number of hydrogen-bond acceptors (Lipinski definition) is 8. The molecule has 0 saturated heterocycles. The second-order valence-corrected chi connectivity index (χ2v) is 15.7. The summed E-state index contributed by atoms with van der Waals surface area (Å²) in [6, 6.07) is 49.1. The van der Waals surface area contributed by atoms with Crippen LogP contribution in [-0.4, -0.2) is 26.2 Å². The molecule has 0 aliphatic carbocycles. The molecule has 8 heteroatoms. The van der Waals surface area contributed by atoms with Crippen LogP contribution in [0.1, 0.15) is 27.7 Å². The molecule has 298 valence electrons. The summed E-state index contributed by atoms with van der Waals surface area (Å²) >= 11 is 1.72. The first-order valence-electron chi connectivity index (χ1n) is 20.6. The Hall–Kier alpha value is -6.90. The molecule has 0 aliphatic heterocycles. The fourth-order valence-corrected chi connectivity index (χ4v) is 9.07. The highest BCUT2D eigenvalue weighted by Gasteiger charge is 2.20. The molecular weight excluding hydrogens is 763 g/mol. The summed E-state index contributed by atoms with van der Waals surface area (Å²) in [6.45, 7) is 11.9. The zero-order chi connectivity index (χ0) is 41.3. The van der Waals surface area contributed by atoms with Crippen LogP contribution in [0.5, 0.6) is 0 Å². The highest BCUT2D eigenvalue weighted by atomic mass is 32.1. The first-order chi connectivity index (χ1) is 29.4. The lowest BCUT2D eigenvalue weighted by Gasteiger charge is -2.28. The van der Waals surface area contributed by atoms with Crippen LogP contribution in [0.4, 0.5) is 28.4 Å². The van der Waals surface area contributed by atoms with Crippen LogP contribution in [0.25, 0.3) is 65.4 Å². The van der Waals surface area contributed by atoms with E-state index in [1.165, 1.54) is 10.4 Å². The molecule has 9 aromatic rings. The van der Waals surface area contributed by atoms with Crippen molar-refractivity contribution in [1.82, 2.24) is 0 Å². The average Bonchev–Trinajstić information content (AvgIpc) is 3.83. The summed E-state index contributed by atoms with van der Waals surface area (Å²) in [4.78, 5) is 34.9. The van der Waals surface area contributed by atoms with E-state index in [1.807, 2.05) is 84.9 Å². The van der Waals surface area contributed by atoms with Crippen molar-refractivity contribution in [1.29, 1.82) is 0 Å². The van der Waals surface area contributed by atoms with Crippen molar-refractivity contribution in [2.75, 3.05) is 40.9 Å². The van der Waals surface area contributed by atoms with E-state index in [9.17, 15) is 9.59 Å². The second kappa shape index (κ2) is 16.4. The third-order valence-corrected chi connectivity index (χ3v) is 12.4. The maximum Gasteiger partial charge on any atom is 0.344 e. The fourth-order valence-electron chi connectivity index (χ4n) is 8.31. The lowest BCUT2D eigenvalue weighted by molar-refractivity contribution is 0.563. The molecule has 3 aromatic heterocycles. The second-order valence-electron chi connectivity index (χ2n) is 14.8. The number of hydrogen-bond donors (Lipinski definition) is 0. The summed E-state index contributed by atoms with van der Waals surface area (Å²) in [5, 5.41) is 6.08. The summed E-state index contributed by atoms with van der Waals surface area (Å²) in [5.74, 6) is 0. The van der Waals surface area contributed by atoms with Gasteiger partial charge in [-0.15, -0.1) is 11.3 Å². The molecule has 0 atom stereocenters. The third kappa shape index (κ3) is 7.13. The number of rotatable bonds is 12. The minimum absolute atomic E-state index is 0.378. The zero-order valence-electron chi connectivity index (χ0n) is 34.1. The summed E-state index contributed by atoms with van der Waals surface area (Å²) in [5.41, 5.74) is 8.97. The maximum absolute atomic E-state index is 13.5. The number of anilines is 5. The van der Waals surface area contributed by atoms with Crippen LogP contribution in [0, 0.1) is 0 Å². The fraction of sp³-hybridized carbons (Fsp3) is 0.154. The van der Waals surface area contributed by atoms with E-state index in [4.69, 9.17) is 8.83 Å². The van der Waals surface area contributed by atoms with Crippen molar-refractivity contribution in [2.45, 2.75) is 27.7 Å². The lowest BCUT2D eigenvalue weighted by atomic mass is 9.99. The molecule has 9 rings (SSSR count). The molecule has 60 heavy (non-hydrogen) atoms. The van der Waals surface area contributed by atoms with E-state index in [0.29, 0.717) is 22.3 Å². The van der Waals surface area contributed by atoms with Crippen LogP contribution < -0.4 is 26.0 Å². The quantitative estimate of drug-likeness (QED) is 0.114. The van der Waals surface area contributed by atoms with Gasteiger partial charge >= 0.3 is 11.3 Å². The van der Waals surface area contributed by atoms with Crippen molar-refractivity contribution in [3.05, 3.63) is 172 Å². The number of fused-ring (bicyclic) bond motifs is 3. The molecule has 0 aliphatic rings. The van der Waals surface area contributed by atoms with Crippen molar-refractivity contribution >= 4 is 72.5 Å². The van der Waals surface area contributed by atoms with Gasteiger partial charge in [-0.3, -0.25) is 0 Å². The molecule has 0 amide bonds. The normalized spacial score (nSPS) is 11.4. The average molecular weight is 808 g/mol. The molecule has 0 bridgehead atoms. The Morgan fingerprint density at radius 1 is 0.467 bits per heavy atom. The Balaban J connectivity index is 1.12. The van der Waals surface area contributed by atoms with E-state index in [1.54, 1.807) is 11.3 Å². The van der Waals surface area contributed by atoms with Crippen molar-refractivity contribution in [3.8, 4) is 32.7 Å². The molecular formula is C52H45N3O4S. The van der Waals surface area contributed by atoms with E-state index >= 15 is 0 Å². The van der Waals surface area contributed by atoms with Crippen LogP contribution in [-0.2, 0) is 0 Å². The highest BCUT2D eigenvalue weighted by molar-refractivity contribution is 7.13. The minimum atomic E-state index is -0.378. The zero-order valence-corrected chi connectivity index (χ0v) is 35.0. The van der Waals surface area contributed by atoms with Crippen molar-refractivity contribution in [2.24, 2.45) is 0 Å². The first-order valence-corrected chi connectivity index (χ1v) is 21.5.